The van der Waals surface area contributed by atoms with Gasteiger partial charge < -0.3 is 5.32 Å². The summed E-state index contributed by atoms with van der Waals surface area (Å²) < 4.78 is 27.7. The van der Waals surface area contributed by atoms with Crippen LogP contribution in [0, 0.1) is 6.92 Å². The molecular formula is C22H18Cl4N2O3S. The molecule has 0 unspecified atom stereocenters. The highest BCUT2D eigenvalue weighted by atomic mass is 35.5. The summed E-state index contributed by atoms with van der Waals surface area (Å²) in [6, 6.07) is 15.4. The predicted octanol–water partition coefficient (Wildman–Crippen LogP) is 6.44. The van der Waals surface area contributed by atoms with Crippen LogP contribution >= 0.6 is 46.4 Å². The van der Waals surface area contributed by atoms with Gasteiger partial charge in [-0.2, -0.15) is 4.31 Å². The van der Waals surface area contributed by atoms with Crippen molar-refractivity contribution in [1.29, 1.82) is 0 Å². The lowest BCUT2D eigenvalue weighted by atomic mass is 10.2. The Balaban J connectivity index is 1.92. The molecule has 3 aromatic carbocycles. The number of hydrogen-bond donors (Lipinski definition) is 1. The molecule has 32 heavy (non-hydrogen) atoms. The molecule has 0 aliphatic carbocycles. The van der Waals surface area contributed by atoms with E-state index in [2.05, 4.69) is 5.32 Å². The number of sulfonamides is 1. The largest absolute Gasteiger partial charge is 0.325 e. The van der Waals surface area contributed by atoms with E-state index < -0.39 is 22.5 Å². The molecule has 0 heterocycles. The van der Waals surface area contributed by atoms with Crippen LogP contribution in [-0.2, 0) is 21.4 Å². The molecule has 0 bridgehead atoms. The standard InChI is InChI=1S/C22H18Cl4N2O3S/c1-14-10-17(24)6-9-21(14)27-22(29)13-28(12-15-2-3-18(25)11-20(15)26)32(30,31)19-7-4-16(23)5-8-19/h2-11H,12-13H2,1H3,(H,27,29). The first-order valence-electron chi connectivity index (χ1n) is 9.32. The molecule has 0 saturated carbocycles. The summed E-state index contributed by atoms with van der Waals surface area (Å²) in [5.41, 5.74) is 1.79. The van der Waals surface area contributed by atoms with Crippen LogP contribution in [0.3, 0.4) is 0 Å². The molecule has 0 spiro atoms. The fraction of sp³-hybridized carbons (Fsp3) is 0.136. The number of anilines is 1. The molecule has 1 amide bonds. The fourth-order valence-corrected chi connectivity index (χ4v) is 5.13. The second kappa shape index (κ2) is 10.4. The van der Waals surface area contributed by atoms with Gasteiger partial charge in [-0.1, -0.05) is 52.5 Å². The van der Waals surface area contributed by atoms with Crippen molar-refractivity contribution in [1.82, 2.24) is 4.31 Å². The minimum Gasteiger partial charge on any atom is -0.325 e. The lowest BCUT2D eigenvalue weighted by molar-refractivity contribution is -0.116. The number of benzene rings is 3. The van der Waals surface area contributed by atoms with Gasteiger partial charge >= 0.3 is 0 Å². The van der Waals surface area contributed by atoms with Crippen molar-refractivity contribution in [3.63, 3.8) is 0 Å². The van der Waals surface area contributed by atoms with Crippen molar-refractivity contribution < 1.29 is 13.2 Å². The fourth-order valence-electron chi connectivity index (χ4n) is 2.94. The van der Waals surface area contributed by atoms with Crippen molar-refractivity contribution in [2.75, 3.05) is 11.9 Å². The number of rotatable bonds is 7. The van der Waals surface area contributed by atoms with Gasteiger partial charge in [-0.25, -0.2) is 8.42 Å². The minimum absolute atomic E-state index is 0.00228. The topological polar surface area (TPSA) is 66.5 Å². The second-order valence-corrected chi connectivity index (χ2v) is 10.6. The number of nitrogens with one attached hydrogen (secondary N) is 1. The van der Waals surface area contributed by atoms with Gasteiger partial charge in [0.2, 0.25) is 15.9 Å². The number of hydrogen-bond acceptors (Lipinski definition) is 3. The molecular weight excluding hydrogens is 514 g/mol. The van der Waals surface area contributed by atoms with E-state index in [4.69, 9.17) is 46.4 Å². The molecule has 3 rings (SSSR count). The Hall–Kier alpha value is -1.80. The number of carbonyl (C=O) groups is 1. The monoisotopic (exact) mass is 530 g/mol. The summed E-state index contributed by atoms with van der Waals surface area (Å²) in [5, 5.41) is 4.37. The SMILES string of the molecule is Cc1cc(Cl)ccc1NC(=O)CN(Cc1ccc(Cl)cc1Cl)S(=O)(=O)c1ccc(Cl)cc1. The second-order valence-electron chi connectivity index (χ2n) is 6.97. The number of nitrogens with zero attached hydrogens (tertiary/aromatic N) is 1. The number of aryl methyl sites for hydroxylation is 1. The van der Waals surface area contributed by atoms with E-state index in [1.165, 1.54) is 30.3 Å². The Kier molecular flexibility index (Phi) is 8.09. The van der Waals surface area contributed by atoms with Gasteiger partial charge in [0.25, 0.3) is 0 Å². The van der Waals surface area contributed by atoms with Gasteiger partial charge in [0.1, 0.15) is 0 Å². The quantitative estimate of drug-likeness (QED) is 0.381. The van der Waals surface area contributed by atoms with E-state index in [1.54, 1.807) is 37.3 Å². The zero-order chi connectivity index (χ0) is 23.5. The lowest BCUT2D eigenvalue weighted by Gasteiger charge is -2.23. The maximum atomic E-state index is 13.3. The van der Waals surface area contributed by atoms with Crippen LogP contribution in [0.4, 0.5) is 5.69 Å². The van der Waals surface area contributed by atoms with Crippen LogP contribution in [0.25, 0.3) is 0 Å². The zero-order valence-electron chi connectivity index (χ0n) is 16.8. The molecule has 10 heteroatoms. The van der Waals surface area contributed by atoms with Crippen molar-refractivity contribution >= 4 is 68.0 Å². The Labute approximate surface area is 206 Å². The van der Waals surface area contributed by atoms with Crippen LogP contribution < -0.4 is 5.32 Å². The molecule has 0 aromatic heterocycles. The first-order chi connectivity index (χ1) is 15.1. The summed E-state index contributed by atoms with van der Waals surface area (Å²) >= 11 is 24.1. The molecule has 0 fully saturated rings. The van der Waals surface area contributed by atoms with Crippen molar-refractivity contribution in [2.45, 2.75) is 18.4 Å². The van der Waals surface area contributed by atoms with E-state index in [9.17, 15) is 13.2 Å². The highest BCUT2D eigenvalue weighted by Crippen LogP contribution is 2.26. The molecule has 5 nitrogen and oxygen atoms in total. The summed E-state index contributed by atoms with van der Waals surface area (Å²) in [6.07, 6.45) is 0. The third-order valence-corrected chi connectivity index (χ3v) is 7.48. The third kappa shape index (κ3) is 6.16. The Morgan fingerprint density at radius 1 is 0.875 bits per heavy atom. The zero-order valence-corrected chi connectivity index (χ0v) is 20.6. The Morgan fingerprint density at radius 3 is 2.09 bits per heavy atom. The maximum Gasteiger partial charge on any atom is 0.243 e. The van der Waals surface area contributed by atoms with Gasteiger partial charge in [-0.15, -0.1) is 0 Å². The normalized spacial score (nSPS) is 11.6. The molecule has 0 radical (unpaired) electrons. The van der Waals surface area contributed by atoms with Crippen LogP contribution in [0.2, 0.25) is 20.1 Å². The molecule has 0 aliphatic rings. The predicted molar refractivity (Wildman–Crippen MR) is 130 cm³/mol. The van der Waals surface area contributed by atoms with E-state index in [0.29, 0.717) is 31.3 Å². The molecule has 0 atom stereocenters. The first-order valence-corrected chi connectivity index (χ1v) is 12.3. The van der Waals surface area contributed by atoms with Crippen LogP contribution in [0.5, 0.6) is 0 Å². The van der Waals surface area contributed by atoms with Gasteiger partial charge in [-0.3, -0.25) is 4.79 Å². The van der Waals surface area contributed by atoms with E-state index in [-0.39, 0.29) is 11.4 Å². The van der Waals surface area contributed by atoms with Crippen molar-refractivity contribution in [3.05, 3.63) is 91.9 Å². The van der Waals surface area contributed by atoms with E-state index in [1.807, 2.05) is 0 Å². The lowest BCUT2D eigenvalue weighted by Crippen LogP contribution is -2.37. The molecule has 168 valence electrons. The van der Waals surface area contributed by atoms with Crippen molar-refractivity contribution in [3.8, 4) is 0 Å². The van der Waals surface area contributed by atoms with Gasteiger partial charge in [-0.05, 0) is 72.6 Å². The van der Waals surface area contributed by atoms with Gasteiger partial charge in [0.05, 0.1) is 11.4 Å². The van der Waals surface area contributed by atoms with E-state index >= 15 is 0 Å². The highest BCUT2D eigenvalue weighted by molar-refractivity contribution is 7.89. The number of halogens is 4. The summed E-state index contributed by atoms with van der Waals surface area (Å²) in [6.45, 7) is 1.22. The molecule has 1 N–H and O–H groups in total. The first kappa shape index (κ1) is 24.8. The Morgan fingerprint density at radius 2 is 1.47 bits per heavy atom. The average Bonchev–Trinajstić information content (AvgIpc) is 2.71. The molecule has 3 aromatic rings. The van der Waals surface area contributed by atoms with Gasteiger partial charge in [0, 0.05) is 32.3 Å². The Bertz CT molecular complexity index is 1250. The maximum absolute atomic E-state index is 13.3. The summed E-state index contributed by atoms with van der Waals surface area (Å²) in [4.78, 5) is 12.8. The van der Waals surface area contributed by atoms with Gasteiger partial charge in [0.15, 0.2) is 0 Å². The summed E-state index contributed by atoms with van der Waals surface area (Å²) in [5.74, 6) is -0.516. The smallest absolute Gasteiger partial charge is 0.243 e. The number of carbonyl (C=O) groups excluding carboxylic acids is 1. The molecule has 0 aliphatic heterocycles. The average molecular weight is 532 g/mol. The minimum atomic E-state index is -4.05. The molecule has 0 saturated heterocycles. The van der Waals surface area contributed by atoms with E-state index in [0.717, 1.165) is 9.87 Å². The van der Waals surface area contributed by atoms with Crippen LogP contribution in [0.1, 0.15) is 11.1 Å². The number of amides is 1. The van der Waals surface area contributed by atoms with Crippen molar-refractivity contribution in [2.24, 2.45) is 0 Å². The third-order valence-electron chi connectivity index (χ3n) is 4.60. The van der Waals surface area contributed by atoms with Crippen LogP contribution in [-0.4, -0.2) is 25.2 Å². The highest BCUT2D eigenvalue weighted by Gasteiger charge is 2.28. The van der Waals surface area contributed by atoms with Crippen LogP contribution in [0.15, 0.2) is 65.6 Å². The summed E-state index contributed by atoms with van der Waals surface area (Å²) in [7, 11) is -4.05.